The molecule has 2 saturated heterocycles. The fourth-order valence-electron chi connectivity index (χ4n) is 3.86. The van der Waals surface area contributed by atoms with E-state index in [-0.39, 0.29) is 23.0 Å². The topological polar surface area (TPSA) is 70.6 Å². The summed E-state index contributed by atoms with van der Waals surface area (Å²) in [5.41, 5.74) is 1.10. The summed E-state index contributed by atoms with van der Waals surface area (Å²) in [6, 6.07) is 3.91. The van der Waals surface area contributed by atoms with Gasteiger partial charge in [-0.15, -0.1) is 0 Å². The Morgan fingerprint density at radius 2 is 2.08 bits per heavy atom. The van der Waals surface area contributed by atoms with Crippen LogP contribution in [0, 0.1) is 0 Å². The van der Waals surface area contributed by atoms with Crippen LogP contribution in [-0.2, 0) is 21.2 Å². The maximum Gasteiger partial charge on any atom is 0.222 e. The highest BCUT2D eigenvalue weighted by molar-refractivity contribution is 7.92. The molecule has 0 saturated carbocycles. The zero-order chi connectivity index (χ0) is 17.2. The molecule has 2 fully saturated rings. The minimum atomic E-state index is -3.08. The summed E-state index contributed by atoms with van der Waals surface area (Å²) in [5.74, 6) is 0.320. The third kappa shape index (κ3) is 3.62. The molecule has 0 aliphatic carbocycles. The Morgan fingerprint density at radius 1 is 1.29 bits per heavy atom. The average molecular weight is 351 g/mol. The lowest BCUT2D eigenvalue weighted by Gasteiger charge is -2.40. The van der Waals surface area contributed by atoms with E-state index < -0.39 is 9.84 Å². The van der Waals surface area contributed by atoms with Crippen LogP contribution in [0.4, 0.5) is 0 Å². The maximum atomic E-state index is 12.6. The van der Waals surface area contributed by atoms with Crippen molar-refractivity contribution in [1.82, 2.24) is 14.8 Å². The minimum absolute atomic E-state index is 0.0152. The van der Waals surface area contributed by atoms with E-state index in [0.717, 1.165) is 12.0 Å². The molecule has 0 aromatic carbocycles. The average Bonchev–Trinajstić information content (AvgIpc) is 2.82. The van der Waals surface area contributed by atoms with Crippen LogP contribution in [0.15, 0.2) is 24.5 Å². The third-order valence-electron chi connectivity index (χ3n) is 5.16. The predicted molar refractivity (Wildman–Crippen MR) is 92.1 cm³/mol. The summed E-state index contributed by atoms with van der Waals surface area (Å²) in [6.45, 7) is 4.32. The molecular weight excluding hydrogens is 326 g/mol. The molecule has 0 N–H and O–H groups in total. The number of carbonyl (C=O) groups excluding carboxylic acids is 1. The van der Waals surface area contributed by atoms with E-state index in [0.29, 0.717) is 39.0 Å². The van der Waals surface area contributed by atoms with E-state index >= 15 is 0 Å². The van der Waals surface area contributed by atoms with E-state index in [4.69, 9.17) is 0 Å². The van der Waals surface area contributed by atoms with Gasteiger partial charge in [-0.3, -0.25) is 14.7 Å². The molecule has 1 aromatic heterocycles. The summed E-state index contributed by atoms with van der Waals surface area (Å²) < 4.78 is 25.1. The standard InChI is InChI=1S/C17H25N3O3S/c1-2-17(21)19-8-5-15-16(6-9-19)24(22,23)11-10-20(15)13-14-4-3-7-18-12-14/h3-4,7,12,15-16H,2,5-6,8-11,13H2,1H3/t15-,16+/m0/s1. The zero-order valence-corrected chi connectivity index (χ0v) is 14.9. The largest absolute Gasteiger partial charge is 0.343 e. The fourth-order valence-corrected chi connectivity index (χ4v) is 5.90. The highest BCUT2D eigenvalue weighted by Crippen LogP contribution is 2.29. The van der Waals surface area contributed by atoms with Crippen LogP contribution >= 0.6 is 0 Å². The molecule has 2 atom stereocenters. The molecule has 1 amide bonds. The summed E-state index contributed by atoms with van der Waals surface area (Å²) in [5, 5.41) is -0.363. The number of amides is 1. The molecule has 0 unspecified atom stereocenters. The van der Waals surface area contributed by atoms with Gasteiger partial charge in [0.1, 0.15) is 0 Å². The number of rotatable bonds is 3. The molecule has 0 radical (unpaired) electrons. The molecule has 1 aromatic rings. The zero-order valence-electron chi connectivity index (χ0n) is 14.1. The van der Waals surface area contributed by atoms with Crippen molar-refractivity contribution < 1.29 is 13.2 Å². The number of nitrogens with zero attached hydrogens (tertiary/aromatic N) is 3. The highest BCUT2D eigenvalue weighted by atomic mass is 32.2. The monoisotopic (exact) mass is 351 g/mol. The van der Waals surface area contributed by atoms with Gasteiger partial charge in [-0.25, -0.2) is 8.42 Å². The summed E-state index contributed by atoms with van der Waals surface area (Å²) in [7, 11) is -3.08. The van der Waals surface area contributed by atoms with Crippen LogP contribution in [0.2, 0.25) is 0 Å². The van der Waals surface area contributed by atoms with Crippen molar-refractivity contribution in [2.45, 2.75) is 44.0 Å². The van der Waals surface area contributed by atoms with Gasteiger partial charge in [-0.1, -0.05) is 13.0 Å². The van der Waals surface area contributed by atoms with Crippen molar-refractivity contribution in [2.75, 3.05) is 25.4 Å². The van der Waals surface area contributed by atoms with Gasteiger partial charge in [0.25, 0.3) is 0 Å². The van der Waals surface area contributed by atoms with Gasteiger partial charge in [-0.2, -0.15) is 0 Å². The SMILES string of the molecule is CCC(=O)N1CC[C@@H]2[C@H](CC1)N(Cc1cccnc1)CCS2(=O)=O. The predicted octanol–water partition coefficient (Wildman–Crippen LogP) is 1.08. The van der Waals surface area contributed by atoms with Crippen LogP contribution in [-0.4, -0.2) is 65.8 Å². The second-order valence-corrected chi connectivity index (χ2v) is 8.96. The molecule has 2 aliphatic rings. The van der Waals surface area contributed by atoms with Crippen molar-refractivity contribution in [3.8, 4) is 0 Å². The summed E-state index contributed by atoms with van der Waals surface area (Å²) >= 11 is 0. The van der Waals surface area contributed by atoms with Crippen molar-refractivity contribution in [2.24, 2.45) is 0 Å². The summed E-state index contributed by atoms with van der Waals surface area (Å²) in [6.07, 6.45) is 5.31. The first kappa shape index (κ1) is 17.4. The number of fused-ring (bicyclic) bond motifs is 1. The van der Waals surface area contributed by atoms with Crippen molar-refractivity contribution in [3.63, 3.8) is 0 Å². The molecule has 7 heteroatoms. The van der Waals surface area contributed by atoms with Crippen molar-refractivity contribution in [1.29, 1.82) is 0 Å². The van der Waals surface area contributed by atoms with Crippen LogP contribution in [0.25, 0.3) is 0 Å². The number of hydrogen-bond donors (Lipinski definition) is 0. The van der Waals surface area contributed by atoms with E-state index in [1.807, 2.05) is 30.2 Å². The molecule has 0 bridgehead atoms. The van der Waals surface area contributed by atoms with E-state index in [1.165, 1.54) is 0 Å². The lowest BCUT2D eigenvalue weighted by atomic mass is 10.1. The third-order valence-corrected chi connectivity index (χ3v) is 7.39. The molecule has 24 heavy (non-hydrogen) atoms. The molecule has 6 nitrogen and oxygen atoms in total. The quantitative estimate of drug-likeness (QED) is 0.815. The Balaban J connectivity index is 1.80. The van der Waals surface area contributed by atoms with Gasteiger partial charge in [0.15, 0.2) is 9.84 Å². The molecule has 132 valence electrons. The van der Waals surface area contributed by atoms with Crippen LogP contribution in [0.1, 0.15) is 31.7 Å². The van der Waals surface area contributed by atoms with Gasteiger partial charge in [0.2, 0.25) is 5.91 Å². The molecular formula is C17H25N3O3S. The number of carbonyl (C=O) groups is 1. The van der Waals surface area contributed by atoms with Gasteiger partial charge in [-0.05, 0) is 24.5 Å². The Bertz CT molecular complexity index is 678. The molecule has 3 rings (SSSR count). The Morgan fingerprint density at radius 3 is 2.79 bits per heavy atom. The maximum absolute atomic E-state index is 12.6. The lowest BCUT2D eigenvalue weighted by Crippen LogP contribution is -2.54. The smallest absolute Gasteiger partial charge is 0.222 e. The number of likely N-dealkylation sites (tertiary alicyclic amines) is 1. The first-order valence-corrected chi connectivity index (χ1v) is 10.3. The first-order valence-electron chi connectivity index (χ1n) is 8.63. The van der Waals surface area contributed by atoms with Gasteiger partial charge >= 0.3 is 0 Å². The lowest BCUT2D eigenvalue weighted by molar-refractivity contribution is -0.130. The van der Waals surface area contributed by atoms with Crippen LogP contribution < -0.4 is 0 Å². The first-order chi connectivity index (χ1) is 11.5. The number of hydrogen-bond acceptors (Lipinski definition) is 5. The molecule has 2 aliphatic heterocycles. The Hall–Kier alpha value is -1.47. The van der Waals surface area contributed by atoms with Gasteiger partial charge in [0, 0.05) is 51.0 Å². The van der Waals surface area contributed by atoms with Gasteiger partial charge in [0.05, 0.1) is 11.0 Å². The fraction of sp³-hybridized carbons (Fsp3) is 0.647. The number of sulfone groups is 1. The molecule has 3 heterocycles. The van der Waals surface area contributed by atoms with E-state index in [2.05, 4.69) is 9.88 Å². The van der Waals surface area contributed by atoms with Crippen LogP contribution in [0.3, 0.4) is 0 Å². The second kappa shape index (κ2) is 7.19. The number of aromatic nitrogens is 1. The summed E-state index contributed by atoms with van der Waals surface area (Å²) in [4.78, 5) is 20.3. The normalized spacial score (nSPS) is 27.3. The van der Waals surface area contributed by atoms with E-state index in [1.54, 1.807) is 6.20 Å². The highest BCUT2D eigenvalue weighted by Gasteiger charge is 2.43. The second-order valence-electron chi connectivity index (χ2n) is 6.62. The van der Waals surface area contributed by atoms with E-state index in [9.17, 15) is 13.2 Å². The van der Waals surface area contributed by atoms with Crippen molar-refractivity contribution >= 4 is 15.7 Å². The van der Waals surface area contributed by atoms with Gasteiger partial charge < -0.3 is 4.90 Å². The van der Waals surface area contributed by atoms with Crippen LogP contribution in [0.5, 0.6) is 0 Å². The number of pyridine rings is 1. The minimum Gasteiger partial charge on any atom is -0.343 e. The Kier molecular flexibility index (Phi) is 5.20. The van der Waals surface area contributed by atoms with Crippen molar-refractivity contribution in [3.05, 3.63) is 30.1 Å². The molecule has 0 spiro atoms. The Labute approximate surface area is 143 Å².